The maximum absolute atomic E-state index is 13.1. The number of carbonyl (C=O) groups excluding carboxylic acids is 2. The number of rotatable bonds is 3. The normalized spacial score (nSPS) is 20.2. The quantitative estimate of drug-likeness (QED) is 0.814. The lowest BCUT2D eigenvalue weighted by Crippen LogP contribution is -2.54. The summed E-state index contributed by atoms with van der Waals surface area (Å²) in [4.78, 5) is 29.8. The molecule has 1 unspecified atom stereocenters. The first-order valence-electron chi connectivity index (χ1n) is 10.3. The predicted octanol–water partition coefficient (Wildman–Crippen LogP) is 3.66. The van der Waals surface area contributed by atoms with Crippen LogP contribution >= 0.6 is 0 Å². The maximum Gasteiger partial charge on any atom is 0.276 e. The highest BCUT2D eigenvalue weighted by Crippen LogP contribution is 2.25. The molecule has 2 aliphatic rings. The Morgan fingerprint density at radius 2 is 1.71 bits per heavy atom. The maximum atomic E-state index is 13.1. The van der Waals surface area contributed by atoms with Gasteiger partial charge in [-0.1, -0.05) is 35.0 Å². The van der Waals surface area contributed by atoms with Crippen molar-refractivity contribution < 1.29 is 14.1 Å². The monoisotopic (exact) mass is 381 g/mol. The SMILES string of the molecule is Cc1ccc(-c2cc(C(=O)N3CCCCC3C(=O)N3CCCCC3)no2)cc1. The molecule has 148 valence electrons. The van der Waals surface area contributed by atoms with Gasteiger partial charge in [0.1, 0.15) is 6.04 Å². The summed E-state index contributed by atoms with van der Waals surface area (Å²) in [5.41, 5.74) is 2.32. The number of benzene rings is 1. The van der Waals surface area contributed by atoms with Gasteiger partial charge in [0.15, 0.2) is 11.5 Å². The third-order valence-corrected chi connectivity index (χ3v) is 5.78. The highest BCUT2D eigenvalue weighted by Gasteiger charge is 2.36. The van der Waals surface area contributed by atoms with Crippen LogP contribution in [0.3, 0.4) is 0 Å². The molecule has 2 amide bonds. The summed E-state index contributed by atoms with van der Waals surface area (Å²) in [5.74, 6) is 0.450. The van der Waals surface area contributed by atoms with Gasteiger partial charge >= 0.3 is 0 Å². The molecule has 0 N–H and O–H groups in total. The van der Waals surface area contributed by atoms with Gasteiger partial charge in [0.25, 0.3) is 5.91 Å². The molecule has 0 aliphatic carbocycles. The molecular weight excluding hydrogens is 354 g/mol. The molecule has 1 atom stereocenters. The molecule has 0 bridgehead atoms. The van der Waals surface area contributed by atoms with Crippen molar-refractivity contribution in [3.8, 4) is 11.3 Å². The van der Waals surface area contributed by atoms with E-state index in [0.29, 0.717) is 12.3 Å². The van der Waals surface area contributed by atoms with Crippen molar-refractivity contribution in [2.75, 3.05) is 19.6 Å². The van der Waals surface area contributed by atoms with Crippen molar-refractivity contribution >= 4 is 11.8 Å². The third-order valence-electron chi connectivity index (χ3n) is 5.78. The van der Waals surface area contributed by atoms with E-state index in [2.05, 4.69) is 5.16 Å². The molecule has 4 rings (SSSR count). The molecule has 0 spiro atoms. The van der Waals surface area contributed by atoms with E-state index in [-0.39, 0.29) is 23.6 Å². The summed E-state index contributed by atoms with van der Waals surface area (Å²) in [7, 11) is 0. The number of hydrogen-bond donors (Lipinski definition) is 0. The summed E-state index contributed by atoms with van der Waals surface area (Å²) in [6.45, 7) is 4.22. The average molecular weight is 381 g/mol. The van der Waals surface area contributed by atoms with Gasteiger partial charge in [-0.3, -0.25) is 9.59 Å². The van der Waals surface area contributed by atoms with Gasteiger partial charge < -0.3 is 14.3 Å². The zero-order valence-corrected chi connectivity index (χ0v) is 16.4. The van der Waals surface area contributed by atoms with Crippen molar-refractivity contribution in [2.24, 2.45) is 0 Å². The van der Waals surface area contributed by atoms with Crippen LogP contribution in [0.4, 0.5) is 0 Å². The number of aromatic nitrogens is 1. The Morgan fingerprint density at radius 3 is 2.46 bits per heavy atom. The minimum Gasteiger partial charge on any atom is -0.355 e. The van der Waals surface area contributed by atoms with Crippen LogP contribution in [-0.4, -0.2) is 52.4 Å². The lowest BCUT2D eigenvalue weighted by Gasteiger charge is -2.38. The van der Waals surface area contributed by atoms with Crippen LogP contribution in [-0.2, 0) is 4.79 Å². The average Bonchev–Trinajstić information content (AvgIpc) is 3.24. The van der Waals surface area contributed by atoms with Crippen molar-refractivity contribution in [3.63, 3.8) is 0 Å². The highest BCUT2D eigenvalue weighted by atomic mass is 16.5. The van der Waals surface area contributed by atoms with Crippen molar-refractivity contribution in [1.29, 1.82) is 0 Å². The van der Waals surface area contributed by atoms with E-state index < -0.39 is 0 Å². The Kier molecular flexibility index (Phi) is 5.46. The van der Waals surface area contributed by atoms with Gasteiger partial charge in [0.2, 0.25) is 5.91 Å². The van der Waals surface area contributed by atoms with E-state index >= 15 is 0 Å². The van der Waals surface area contributed by atoms with Crippen LogP contribution in [0.5, 0.6) is 0 Å². The standard InChI is InChI=1S/C22H27N3O3/c1-16-8-10-17(11-9-16)20-15-18(23-28-20)21(26)25-14-6-3-7-19(25)22(27)24-12-4-2-5-13-24/h8-11,15,19H,2-7,12-14H2,1H3. The molecule has 6 nitrogen and oxygen atoms in total. The minimum absolute atomic E-state index is 0.0926. The first-order valence-corrected chi connectivity index (χ1v) is 10.3. The highest BCUT2D eigenvalue weighted by molar-refractivity contribution is 5.97. The summed E-state index contributed by atoms with van der Waals surface area (Å²) < 4.78 is 5.42. The molecule has 3 heterocycles. The van der Waals surface area contributed by atoms with E-state index in [4.69, 9.17) is 4.52 Å². The van der Waals surface area contributed by atoms with Gasteiger partial charge in [-0.2, -0.15) is 0 Å². The first-order chi connectivity index (χ1) is 13.6. The third kappa shape index (κ3) is 3.81. The van der Waals surface area contributed by atoms with Gasteiger partial charge in [-0.25, -0.2) is 0 Å². The molecule has 0 saturated carbocycles. The van der Waals surface area contributed by atoms with E-state index in [1.165, 1.54) is 6.42 Å². The number of amides is 2. The van der Waals surface area contributed by atoms with Gasteiger partial charge in [0.05, 0.1) is 0 Å². The van der Waals surface area contributed by atoms with Crippen molar-refractivity contribution in [2.45, 2.75) is 51.5 Å². The van der Waals surface area contributed by atoms with E-state index in [9.17, 15) is 9.59 Å². The van der Waals surface area contributed by atoms with Crippen molar-refractivity contribution in [1.82, 2.24) is 15.0 Å². The number of hydrogen-bond acceptors (Lipinski definition) is 4. The van der Waals surface area contributed by atoms with Crippen LogP contribution in [0.25, 0.3) is 11.3 Å². The van der Waals surface area contributed by atoms with Crippen LogP contribution in [0.15, 0.2) is 34.9 Å². The molecule has 2 saturated heterocycles. The topological polar surface area (TPSA) is 66.7 Å². The Hall–Kier alpha value is -2.63. The van der Waals surface area contributed by atoms with E-state index in [0.717, 1.165) is 56.3 Å². The van der Waals surface area contributed by atoms with Crippen LogP contribution in [0.1, 0.15) is 54.6 Å². The molecule has 6 heteroatoms. The van der Waals surface area contributed by atoms with E-state index in [1.807, 2.05) is 36.1 Å². The zero-order chi connectivity index (χ0) is 19.5. The molecular formula is C22H27N3O3. The number of aryl methyl sites for hydroxylation is 1. The Labute approximate surface area is 165 Å². The zero-order valence-electron chi connectivity index (χ0n) is 16.4. The van der Waals surface area contributed by atoms with E-state index in [1.54, 1.807) is 11.0 Å². The second kappa shape index (κ2) is 8.17. The Bertz CT molecular complexity index is 837. The number of carbonyl (C=O) groups is 2. The van der Waals surface area contributed by atoms with Crippen LogP contribution < -0.4 is 0 Å². The molecule has 2 aliphatic heterocycles. The fraction of sp³-hybridized carbons (Fsp3) is 0.500. The second-order valence-corrected chi connectivity index (χ2v) is 7.84. The second-order valence-electron chi connectivity index (χ2n) is 7.84. The fourth-order valence-electron chi connectivity index (χ4n) is 4.13. The molecule has 28 heavy (non-hydrogen) atoms. The summed E-state index contributed by atoms with van der Waals surface area (Å²) in [6, 6.07) is 9.21. The summed E-state index contributed by atoms with van der Waals surface area (Å²) in [6.07, 6.45) is 5.90. The molecule has 2 aromatic rings. The predicted molar refractivity (Wildman–Crippen MR) is 106 cm³/mol. The molecule has 1 aromatic heterocycles. The smallest absolute Gasteiger partial charge is 0.276 e. The number of nitrogens with zero attached hydrogens (tertiary/aromatic N) is 3. The first kappa shape index (κ1) is 18.7. The molecule has 1 aromatic carbocycles. The number of piperidine rings is 2. The summed E-state index contributed by atoms with van der Waals surface area (Å²) >= 11 is 0. The Balaban J connectivity index is 1.52. The Morgan fingerprint density at radius 1 is 1.00 bits per heavy atom. The lowest BCUT2D eigenvalue weighted by molar-refractivity contribution is -0.138. The summed E-state index contributed by atoms with van der Waals surface area (Å²) in [5, 5.41) is 4.01. The largest absolute Gasteiger partial charge is 0.355 e. The lowest BCUT2D eigenvalue weighted by atomic mass is 9.99. The molecule has 2 fully saturated rings. The van der Waals surface area contributed by atoms with Crippen molar-refractivity contribution in [3.05, 3.63) is 41.6 Å². The van der Waals surface area contributed by atoms with Gasteiger partial charge in [0, 0.05) is 31.3 Å². The van der Waals surface area contributed by atoms with Gasteiger partial charge in [-0.05, 0) is 45.4 Å². The van der Waals surface area contributed by atoms with Crippen LogP contribution in [0, 0.1) is 6.92 Å². The minimum atomic E-state index is -0.376. The van der Waals surface area contributed by atoms with Gasteiger partial charge in [-0.15, -0.1) is 0 Å². The molecule has 0 radical (unpaired) electrons. The number of likely N-dealkylation sites (tertiary alicyclic amines) is 2. The van der Waals surface area contributed by atoms with Crippen LogP contribution in [0.2, 0.25) is 0 Å². The fourth-order valence-corrected chi connectivity index (χ4v) is 4.13.